The summed E-state index contributed by atoms with van der Waals surface area (Å²) in [7, 11) is 1.43. The van der Waals surface area contributed by atoms with Crippen molar-refractivity contribution in [1.29, 1.82) is 0 Å². The van der Waals surface area contributed by atoms with Crippen LogP contribution in [0.25, 0.3) is 0 Å². The third kappa shape index (κ3) is 26.2. The summed E-state index contributed by atoms with van der Waals surface area (Å²) in [5.41, 5.74) is -0.546. The lowest BCUT2D eigenvalue weighted by atomic mass is 9.80. The van der Waals surface area contributed by atoms with Gasteiger partial charge in [0.05, 0.1) is 47.6 Å². The van der Waals surface area contributed by atoms with Crippen LogP contribution in [-0.4, -0.2) is 107 Å². The third-order valence-corrected chi connectivity index (χ3v) is 8.44. The van der Waals surface area contributed by atoms with Crippen molar-refractivity contribution in [3.63, 3.8) is 0 Å². The molecular weight excluding hydrogens is 609 g/mol. The minimum atomic E-state index is -4.35. The van der Waals surface area contributed by atoms with E-state index in [1.54, 1.807) is 0 Å². The molecule has 2 atom stereocenters. The Morgan fingerprint density at radius 1 is 0.667 bits per heavy atom. The zero-order valence-electron chi connectivity index (χ0n) is 28.1. The van der Waals surface area contributed by atoms with Gasteiger partial charge in [0.15, 0.2) is 0 Å². The average molecular weight is 670 g/mol. The van der Waals surface area contributed by atoms with E-state index >= 15 is 0 Å². The van der Waals surface area contributed by atoms with Gasteiger partial charge in [0.25, 0.3) is 7.82 Å². The third-order valence-electron chi connectivity index (χ3n) is 7.44. The molecule has 0 spiro atoms. The molecule has 0 saturated carbocycles. The van der Waals surface area contributed by atoms with Crippen LogP contribution < -0.4 is 4.89 Å². The Morgan fingerprint density at radius 2 is 1.11 bits per heavy atom. The molecule has 0 rings (SSSR count). The van der Waals surface area contributed by atoms with Crippen molar-refractivity contribution in [3.05, 3.63) is 0 Å². The van der Waals surface area contributed by atoms with Gasteiger partial charge in [-0.1, -0.05) is 26.2 Å². The molecule has 0 aromatic rings. The van der Waals surface area contributed by atoms with Gasteiger partial charge in [-0.15, -0.1) is 0 Å². The van der Waals surface area contributed by atoms with Crippen molar-refractivity contribution >= 4 is 25.7 Å². The number of rotatable bonds is 30. The number of esters is 3. The van der Waals surface area contributed by atoms with Gasteiger partial charge in [-0.2, -0.15) is 0 Å². The molecule has 45 heavy (non-hydrogen) atoms. The monoisotopic (exact) mass is 669 g/mol. The quantitative estimate of drug-likeness (QED) is 0.0373. The Morgan fingerprint density at radius 3 is 1.56 bits per heavy atom. The highest BCUT2D eigenvalue weighted by Gasteiger charge is 2.31. The number of phosphoric acid groups is 1. The number of ether oxygens (including phenoxy) is 3. The highest BCUT2D eigenvalue weighted by Crippen LogP contribution is 2.38. The summed E-state index contributed by atoms with van der Waals surface area (Å²) in [4.78, 5) is 48.6. The lowest BCUT2D eigenvalue weighted by Crippen LogP contribution is -2.37. The Hall–Kier alpha value is -1.60. The largest absolute Gasteiger partial charge is 0.756 e. The van der Waals surface area contributed by atoms with Crippen molar-refractivity contribution < 1.29 is 61.8 Å². The minimum Gasteiger partial charge on any atom is -0.756 e. The standard InChI is InChI=1S/C31H60NO12P/c1-5-31(27-42-30(37)17-10-7-13-22-34,18-24-40-28(35)15-9-6-12-21-33)19-25-41-29(36)16-11-8-14-23-43-45(38,39)44-26-20-32(2,3)4/h33-34H,5-27H2,1-4H3. The molecule has 0 saturated heterocycles. The Kier molecular flexibility index (Phi) is 24.6. The van der Waals surface area contributed by atoms with E-state index in [1.807, 2.05) is 28.1 Å². The van der Waals surface area contributed by atoms with Crippen molar-refractivity contribution in [2.24, 2.45) is 5.41 Å². The zero-order valence-corrected chi connectivity index (χ0v) is 29.0. The fourth-order valence-electron chi connectivity index (χ4n) is 4.24. The normalized spacial score (nSPS) is 14.4. The molecule has 0 aliphatic rings. The van der Waals surface area contributed by atoms with Crippen molar-refractivity contribution in [3.8, 4) is 0 Å². The molecule has 0 fully saturated rings. The first-order chi connectivity index (χ1) is 21.3. The van der Waals surface area contributed by atoms with Gasteiger partial charge in [-0.3, -0.25) is 18.9 Å². The van der Waals surface area contributed by atoms with E-state index in [0.717, 1.165) is 12.8 Å². The van der Waals surface area contributed by atoms with Gasteiger partial charge in [-0.05, 0) is 57.8 Å². The van der Waals surface area contributed by atoms with Crippen LogP contribution in [0.4, 0.5) is 0 Å². The molecule has 0 radical (unpaired) electrons. The average Bonchev–Trinajstić information content (AvgIpc) is 2.97. The van der Waals surface area contributed by atoms with Gasteiger partial charge in [-0.25, -0.2) is 0 Å². The number of nitrogens with zero attached hydrogens (tertiary/aromatic N) is 1. The second-order valence-electron chi connectivity index (χ2n) is 12.5. The van der Waals surface area contributed by atoms with Crippen molar-refractivity contribution in [1.82, 2.24) is 0 Å². The van der Waals surface area contributed by atoms with Gasteiger partial charge in [0.1, 0.15) is 13.2 Å². The van der Waals surface area contributed by atoms with Crippen LogP contribution in [-0.2, 0) is 42.2 Å². The summed E-state index contributed by atoms with van der Waals surface area (Å²) in [6.07, 6.45) is 7.69. The summed E-state index contributed by atoms with van der Waals surface area (Å²) in [6.45, 7) is 3.04. The van der Waals surface area contributed by atoms with Crippen LogP contribution in [0.2, 0.25) is 0 Å². The topological polar surface area (TPSA) is 178 Å². The van der Waals surface area contributed by atoms with E-state index in [1.165, 1.54) is 0 Å². The molecule has 2 N–H and O–H groups in total. The van der Waals surface area contributed by atoms with Crippen LogP contribution in [0.15, 0.2) is 0 Å². The highest BCUT2D eigenvalue weighted by molar-refractivity contribution is 7.45. The Labute approximate surface area is 270 Å². The summed E-state index contributed by atoms with van der Waals surface area (Å²) in [5.74, 6) is -1.04. The predicted octanol–water partition coefficient (Wildman–Crippen LogP) is 3.67. The molecule has 0 heterocycles. The van der Waals surface area contributed by atoms with E-state index in [9.17, 15) is 23.8 Å². The molecule has 13 nitrogen and oxygen atoms in total. The smallest absolute Gasteiger partial charge is 0.305 e. The van der Waals surface area contributed by atoms with E-state index < -0.39 is 13.2 Å². The van der Waals surface area contributed by atoms with Crippen molar-refractivity contribution in [2.75, 3.05) is 73.9 Å². The minimum absolute atomic E-state index is 0.0212. The molecule has 0 aromatic carbocycles. The first-order valence-corrected chi connectivity index (χ1v) is 17.8. The number of unbranched alkanes of at least 4 members (excludes halogenated alkanes) is 6. The van der Waals surface area contributed by atoms with Crippen LogP contribution in [0.5, 0.6) is 0 Å². The number of quaternary nitrogens is 1. The molecule has 0 amide bonds. The highest BCUT2D eigenvalue weighted by atomic mass is 31.2. The van der Waals surface area contributed by atoms with Crippen LogP contribution in [0.3, 0.4) is 0 Å². The van der Waals surface area contributed by atoms with Crippen molar-refractivity contribution in [2.45, 2.75) is 103 Å². The molecule has 266 valence electrons. The van der Waals surface area contributed by atoms with Gasteiger partial charge < -0.3 is 42.8 Å². The van der Waals surface area contributed by atoms with E-state index in [-0.39, 0.29) is 83.4 Å². The van der Waals surface area contributed by atoms with Crippen LogP contribution >= 0.6 is 7.82 Å². The number of hydrogen-bond acceptors (Lipinski definition) is 12. The number of hydrogen-bond donors (Lipinski definition) is 2. The fraction of sp³-hybridized carbons (Fsp3) is 0.903. The van der Waals surface area contributed by atoms with E-state index in [2.05, 4.69) is 0 Å². The lowest BCUT2D eigenvalue weighted by molar-refractivity contribution is -0.870. The van der Waals surface area contributed by atoms with E-state index in [4.69, 9.17) is 33.5 Å². The molecular formula is C31H60NO12P. The summed E-state index contributed by atoms with van der Waals surface area (Å²) < 4.78 is 38.6. The SMILES string of the molecule is CCC(CCOC(=O)CCCCCO)(CCOC(=O)CCCCCOP(=O)([O-])OCC[N+](C)(C)C)COC(=O)CCCCCO. The fourth-order valence-corrected chi connectivity index (χ4v) is 4.97. The van der Waals surface area contributed by atoms with Gasteiger partial charge >= 0.3 is 17.9 Å². The van der Waals surface area contributed by atoms with E-state index in [0.29, 0.717) is 75.2 Å². The number of carbonyl (C=O) groups is 3. The Balaban J connectivity index is 4.62. The maximum Gasteiger partial charge on any atom is 0.305 e. The second-order valence-corrected chi connectivity index (χ2v) is 13.9. The van der Waals surface area contributed by atoms with Crippen LogP contribution in [0.1, 0.15) is 103 Å². The number of aliphatic hydroxyl groups excluding tert-OH is 2. The number of carbonyl (C=O) groups excluding carboxylic acids is 3. The second kappa shape index (κ2) is 25.5. The van der Waals surface area contributed by atoms with Crippen LogP contribution in [0, 0.1) is 5.41 Å². The molecule has 0 aliphatic heterocycles. The summed E-state index contributed by atoms with van der Waals surface area (Å²) >= 11 is 0. The molecule has 0 aromatic heterocycles. The zero-order chi connectivity index (χ0) is 34.0. The molecule has 2 unspecified atom stereocenters. The first kappa shape index (κ1) is 43.4. The molecule has 14 heteroatoms. The molecule has 0 aliphatic carbocycles. The lowest BCUT2D eigenvalue weighted by Gasteiger charge is -2.32. The number of aliphatic hydroxyl groups is 2. The number of phosphoric ester groups is 1. The predicted molar refractivity (Wildman–Crippen MR) is 167 cm³/mol. The maximum absolute atomic E-state index is 12.3. The maximum atomic E-state index is 12.3. The summed E-state index contributed by atoms with van der Waals surface area (Å²) in [6, 6.07) is 0. The summed E-state index contributed by atoms with van der Waals surface area (Å²) in [5, 5.41) is 17.8. The van der Waals surface area contributed by atoms with Gasteiger partial charge in [0, 0.05) is 37.9 Å². The number of likely N-dealkylation sites (N-methyl/N-ethyl adjacent to an activating group) is 1. The first-order valence-electron chi connectivity index (χ1n) is 16.4. The molecule has 0 bridgehead atoms. The van der Waals surface area contributed by atoms with Gasteiger partial charge in [0.2, 0.25) is 0 Å². The Bertz CT molecular complexity index is 851.